The van der Waals surface area contributed by atoms with Crippen molar-refractivity contribution in [2.75, 3.05) is 19.7 Å². The maximum Gasteiger partial charge on any atom is 0.226 e. The molecule has 1 aromatic carbocycles. The molecule has 1 aliphatic heterocycles. The number of benzene rings is 1. The fraction of sp³-hybridized carbons (Fsp3) is 0.500. The van der Waals surface area contributed by atoms with E-state index in [4.69, 9.17) is 4.74 Å². The number of para-hydroxylation sites is 1. The van der Waals surface area contributed by atoms with Crippen molar-refractivity contribution in [2.45, 2.75) is 39.2 Å². The second-order valence-electron chi connectivity index (χ2n) is 6.20. The summed E-state index contributed by atoms with van der Waals surface area (Å²) >= 11 is 0. The van der Waals surface area contributed by atoms with Crippen molar-refractivity contribution in [2.24, 2.45) is 0 Å². The Balaban J connectivity index is 1.52. The van der Waals surface area contributed by atoms with Crippen LogP contribution in [0.2, 0.25) is 0 Å². The number of carbonyl (C=O) groups is 1. The summed E-state index contributed by atoms with van der Waals surface area (Å²) in [6.45, 7) is 5.79. The number of nitrogens with zero attached hydrogens (tertiary/aromatic N) is 4. The van der Waals surface area contributed by atoms with Crippen molar-refractivity contribution in [3.63, 3.8) is 0 Å². The molecule has 2 heterocycles. The Kier molecular flexibility index (Phi) is 5.13. The number of ether oxygens (including phenoxy) is 1. The molecule has 0 bridgehead atoms. The van der Waals surface area contributed by atoms with Crippen molar-refractivity contribution in [1.29, 1.82) is 0 Å². The number of aromatic nitrogens is 3. The number of hydrogen-bond acceptors (Lipinski definition) is 4. The molecule has 0 N–H and O–H groups in total. The van der Waals surface area contributed by atoms with Gasteiger partial charge in [0.1, 0.15) is 17.4 Å². The maximum absolute atomic E-state index is 12.5. The zero-order valence-corrected chi connectivity index (χ0v) is 14.3. The van der Waals surface area contributed by atoms with E-state index < -0.39 is 0 Å². The number of piperidine rings is 1. The number of likely N-dealkylation sites (tertiary alicyclic amines) is 1. The molecule has 1 aliphatic rings. The van der Waals surface area contributed by atoms with Crippen molar-refractivity contribution in [3.05, 3.63) is 42.0 Å². The zero-order valence-electron chi connectivity index (χ0n) is 14.3. The summed E-state index contributed by atoms with van der Waals surface area (Å²) in [6, 6.07) is 9.82. The van der Waals surface area contributed by atoms with Gasteiger partial charge in [-0.05, 0) is 38.8 Å². The molecule has 1 saturated heterocycles. The number of rotatable bonds is 5. The highest BCUT2D eigenvalue weighted by atomic mass is 16.5. The lowest BCUT2D eigenvalue weighted by Crippen LogP contribution is -2.41. The van der Waals surface area contributed by atoms with Gasteiger partial charge in [-0.15, -0.1) is 0 Å². The topological polar surface area (TPSA) is 60.2 Å². The van der Waals surface area contributed by atoms with E-state index >= 15 is 0 Å². The zero-order chi connectivity index (χ0) is 16.9. The number of aryl methyl sites for hydroxylation is 2. The molecule has 1 aromatic heterocycles. The SMILES string of the molecule is Cc1nc(C)n([C@H]2CCCN(C(=O)CCOc3ccccc3)C2)n1. The molecule has 3 rings (SSSR count). The van der Waals surface area contributed by atoms with E-state index in [2.05, 4.69) is 10.1 Å². The fourth-order valence-corrected chi connectivity index (χ4v) is 3.19. The molecule has 1 amide bonds. The van der Waals surface area contributed by atoms with Crippen LogP contribution in [0.25, 0.3) is 0 Å². The minimum Gasteiger partial charge on any atom is -0.493 e. The average Bonchev–Trinajstić information content (AvgIpc) is 2.94. The lowest BCUT2D eigenvalue weighted by Gasteiger charge is -2.33. The van der Waals surface area contributed by atoms with Crippen molar-refractivity contribution in [3.8, 4) is 5.75 Å². The first kappa shape index (κ1) is 16.5. The van der Waals surface area contributed by atoms with Crippen LogP contribution in [-0.2, 0) is 4.79 Å². The van der Waals surface area contributed by atoms with Crippen LogP contribution < -0.4 is 4.74 Å². The molecule has 0 spiro atoms. The molecule has 0 saturated carbocycles. The summed E-state index contributed by atoms with van der Waals surface area (Å²) in [5, 5.41) is 4.47. The molecule has 0 aliphatic carbocycles. The quantitative estimate of drug-likeness (QED) is 0.846. The van der Waals surface area contributed by atoms with Gasteiger partial charge in [-0.25, -0.2) is 9.67 Å². The van der Waals surface area contributed by atoms with Gasteiger partial charge in [0.2, 0.25) is 5.91 Å². The first-order valence-electron chi connectivity index (χ1n) is 8.49. The molecule has 1 fully saturated rings. The third-order valence-corrected chi connectivity index (χ3v) is 4.33. The fourth-order valence-electron chi connectivity index (χ4n) is 3.19. The largest absolute Gasteiger partial charge is 0.493 e. The van der Waals surface area contributed by atoms with E-state index in [1.807, 2.05) is 53.8 Å². The first-order chi connectivity index (χ1) is 11.6. The molecule has 24 heavy (non-hydrogen) atoms. The Morgan fingerprint density at radius 2 is 2.08 bits per heavy atom. The van der Waals surface area contributed by atoms with Gasteiger partial charge >= 0.3 is 0 Å². The van der Waals surface area contributed by atoms with Gasteiger partial charge in [-0.1, -0.05) is 18.2 Å². The second kappa shape index (κ2) is 7.47. The predicted molar refractivity (Wildman–Crippen MR) is 90.9 cm³/mol. The third-order valence-electron chi connectivity index (χ3n) is 4.33. The number of amides is 1. The van der Waals surface area contributed by atoms with E-state index in [-0.39, 0.29) is 11.9 Å². The number of carbonyl (C=O) groups excluding carboxylic acids is 1. The molecule has 128 valence electrons. The molecule has 0 unspecified atom stereocenters. The standard InChI is InChI=1S/C18H24N4O2/c1-14-19-15(2)22(20-14)16-7-6-11-21(13-16)18(23)10-12-24-17-8-4-3-5-9-17/h3-5,8-9,16H,6-7,10-13H2,1-2H3/t16-/m0/s1. The Bertz CT molecular complexity index is 684. The van der Waals surface area contributed by atoms with E-state index in [0.29, 0.717) is 19.6 Å². The molecule has 6 nitrogen and oxygen atoms in total. The minimum atomic E-state index is 0.144. The summed E-state index contributed by atoms with van der Waals surface area (Å²) in [4.78, 5) is 18.8. The summed E-state index contributed by atoms with van der Waals surface area (Å²) in [5.74, 6) is 2.65. The molecular weight excluding hydrogens is 304 g/mol. The Labute approximate surface area is 142 Å². The van der Waals surface area contributed by atoms with Crippen molar-refractivity contribution >= 4 is 5.91 Å². The highest BCUT2D eigenvalue weighted by molar-refractivity contribution is 5.76. The molecule has 6 heteroatoms. The van der Waals surface area contributed by atoms with E-state index in [9.17, 15) is 4.79 Å². The van der Waals surface area contributed by atoms with Gasteiger partial charge < -0.3 is 9.64 Å². The lowest BCUT2D eigenvalue weighted by molar-refractivity contribution is -0.133. The predicted octanol–water partition coefficient (Wildman–Crippen LogP) is 2.53. The first-order valence-corrected chi connectivity index (χ1v) is 8.49. The van der Waals surface area contributed by atoms with Crippen LogP contribution in [0.5, 0.6) is 5.75 Å². The van der Waals surface area contributed by atoms with E-state index in [0.717, 1.165) is 36.8 Å². The van der Waals surface area contributed by atoms with Crippen LogP contribution in [0.4, 0.5) is 0 Å². The Hall–Kier alpha value is -2.37. The average molecular weight is 328 g/mol. The van der Waals surface area contributed by atoms with Gasteiger partial charge in [-0.2, -0.15) is 5.10 Å². The van der Waals surface area contributed by atoms with Crippen LogP contribution in [0.3, 0.4) is 0 Å². The summed E-state index contributed by atoms with van der Waals surface area (Å²) in [7, 11) is 0. The molecule has 0 radical (unpaired) electrons. The van der Waals surface area contributed by atoms with Gasteiger partial charge in [0.05, 0.1) is 19.1 Å². The lowest BCUT2D eigenvalue weighted by atomic mass is 10.1. The highest BCUT2D eigenvalue weighted by Gasteiger charge is 2.26. The van der Waals surface area contributed by atoms with Gasteiger partial charge in [-0.3, -0.25) is 4.79 Å². The van der Waals surface area contributed by atoms with Crippen molar-refractivity contribution in [1.82, 2.24) is 19.7 Å². The Morgan fingerprint density at radius 3 is 2.79 bits per heavy atom. The number of hydrogen-bond donors (Lipinski definition) is 0. The highest BCUT2D eigenvalue weighted by Crippen LogP contribution is 2.22. The minimum absolute atomic E-state index is 0.144. The van der Waals surface area contributed by atoms with Crippen molar-refractivity contribution < 1.29 is 9.53 Å². The summed E-state index contributed by atoms with van der Waals surface area (Å²) < 4.78 is 7.59. The van der Waals surface area contributed by atoms with Crippen LogP contribution >= 0.6 is 0 Å². The smallest absolute Gasteiger partial charge is 0.226 e. The normalized spacial score (nSPS) is 17.8. The summed E-state index contributed by atoms with van der Waals surface area (Å²) in [6.07, 6.45) is 2.43. The van der Waals surface area contributed by atoms with E-state index in [1.54, 1.807) is 0 Å². The van der Waals surface area contributed by atoms with Crippen LogP contribution in [0.15, 0.2) is 30.3 Å². The monoisotopic (exact) mass is 328 g/mol. The molecule has 1 atom stereocenters. The molecule has 2 aromatic rings. The van der Waals surface area contributed by atoms with Crippen LogP contribution in [-0.4, -0.2) is 45.3 Å². The third kappa shape index (κ3) is 3.93. The van der Waals surface area contributed by atoms with Crippen LogP contribution in [0.1, 0.15) is 37.0 Å². The van der Waals surface area contributed by atoms with Gasteiger partial charge in [0.25, 0.3) is 0 Å². The second-order valence-corrected chi connectivity index (χ2v) is 6.20. The maximum atomic E-state index is 12.5. The molecular formula is C18H24N4O2. The van der Waals surface area contributed by atoms with Crippen LogP contribution in [0, 0.1) is 13.8 Å². The van der Waals surface area contributed by atoms with Gasteiger partial charge in [0, 0.05) is 13.1 Å². The Morgan fingerprint density at radius 1 is 1.29 bits per heavy atom. The van der Waals surface area contributed by atoms with E-state index in [1.165, 1.54) is 0 Å². The van der Waals surface area contributed by atoms with Gasteiger partial charge in [0.15, 0.2) is 0 Å². The summed E-state index contributed by atoms with van der Waals surface area (Å²) in [5.41, 5.74) is 0.